The summed E-state index contributed by atoms with van der Waals surface area (Å²) in [6.45, 7) is 2.95. The summed E-state index contributed by atoms with van der Waals surface area (Å²) in [5.74, 6) is -0.770. The second kappa shape index (κ2) is 7.53. The largest absolute Gasteiger partial charge is 0.481 e. The van der Waals surface area contributed by atoms with Gasteiger partial charge in [0, 0.05) is 17.6 Å². The van der Waals surface area contributed by atoms with Gasteiger partial charge in [0.2, 0.25) is 0 Å². The predicted octanol–water partition coefficient (Wildman–Crippen LogP) is 5.19. The van der Waals surface area contributed by atoms with E-state index >= 15 is 0 Å². The molecule has 0 radical (unpaired) electrons. The van der Waals surface area contributed by atoms with Crippen molar-refractivity contribution < 1.29 is 9.90 Å². The maximum absolute atomic E-state index is 12.3. The molecule has 1 aliphatic heterocycles. The third kappa shape index (κ3) is 3.27. The van der Waals surface area contributed by atoms with E-state index in [1.165, 1.54) is 11.1 Å². The Balaban J connectivity index is 1.70. The summed E-state index contributed by atoms with van der Waals surface area (Å²) in [6, 6.07) is 26.6. The van der Waals surface area contributed by atoms with Crippen LogP contribution in [0.2, 0.25) is 0 Å². The number of carbonyl (C=O) groups is 1. The summed E-state index contributed by atoms with van der Waals surface area (Å²) in [5, 5.41) is 10.1. The first-order chi connectivity index (χ1) is 13.5. The summed E-state index contributed by atoms with van der Waals surface area (Å²) < 4.78 is 0.866. The molecule has 0 aliphatic carbocycles. The molecule has 28 heavy (non-hydrogen) atoms. The molecule has 0 bridgehead atoms. The van der Waals surface area contributed by atoms with Gasteiger partial charge >= 0.3 is 5.97 Å². The summed E-state index contributed by atoms with van der Waals surface area (Å²) in [6.07, 6.45) is 0. The van der Waals surface area contributed by atoms with Gasteiger partial charge in [-0.05, 0) is 35.2 Å². The quantitative estimate of drug-likeness (QED) is 0.599. The Kier molecular flexibility index (Phi) is 5.09. The number of likely N-dealkylation sites (tertiary alicyclic amines) is 1. The van der Waals surface area contributed by atoms with Gasteiger partial charge in [0.25, 0.3) is 0 Å². The number of carboxylic acids is 1. The fourth-order valence-corrected chi connectivity index (χ4v) is 5.02. The van der Waals surface area contributed by atoms with Crippen molar-refractivity contribution in [1.29, 1.82) is 0 Å². The average Bonchev–Trinajstić information content (AvgIpc) is 2.66. The predicted molar refractivity (Wildman–Crippen MR) is 114 cm³/mol. The molecule has 1 aliphatic rings. The second-order valence-electron chi connectivity index (χ2n) is 7.50. The van der Waals surface area contributed by atoms with Crippen LogP contribution in [0.5, 0.6) is 0 Å². The number of benzene rings is 3. The number of rotatable bonds is 5. The average molecular weight is 436 g/mol. The molecule has 4 heteroatoms. The lowest BCUT2D eigenvalue weighted by Gasteiger charge is -2.51. The van der Waals surface area contributed by atoms with Gasteiger partial charge in [-0.15, -0.1) is 0 Å². The lowest BCUT2D eigenvalue weighted by molar-refractivity contribution is -0.152. The highest BCUT2D eigenvalue weighted by atomic mass is 79.9. The summed E-state index contributed by atoms with van der Waals surface area (Å²) in [5.41, 5.74) is 3.42. The van der Waals surface area contributed by atoms with E-state index in [0.29, 0.717) is 13.1 Å². The van der Waals surface area contributed by atoms with Crippen molar-refractivity contribution in [3.05, 3.63) is 106 Å². The molecular weight excluding hydrogens is 414 g/mol. The van der Waals surface area contributed by atoms with E-state index in [1.807, 2.05) is 61.5 Å². The van der Waals surface area contributed by atoms with Gasteiger partial charge in [-0.25, -0.2) is 0 Å². The number of hydrogen-bond acceptors (Lipinski definition) is 2. The topological polar surface area (TPSA) is 40.5 Å². The van der Waals surface area contributed by atoms with E-state index in [-0.39, 0.29) is 6.04 Å². The van der Waals surface area contributed by atoms with Crippen molar-refractivity contribution in [2.45, 2.75) is 18.4 Å². The van der Waals surface area contributed by atoms with Crippen LogP contribution >= 0.6 is 15.9 Å². The molecule has 1 N–H and O–H groups in total. The van der Waals surface area contributed by atoms with Crippen molar-refractivity contribution in [1.82, 2.24) is 4.90 Å². The molecule has 1 fully saturated rings. The first kappa shape index (κ1) is 18.9. The van der Waals surface area contributed by atoms with Crippen LogP contribution in [0.1, 0.15) is 28.3 Å². The smallest absolute Gasteiger partial charge is 0.316 e. The number of halogens is 1. The van der Waals surface area contributed by atoms with Crippen molar-refractivity contribution in [3.63, 3.8) is 0 Å². The van der Waals surface area contributed by atoms with E-state index < -0.39 is 11.4 Å². The second-order valence-corrected chi connectivity index (χ2v) is 8.35. The molecule has 1 heterocycles. The summed E-state index contributed by atoms with van der Waals surface area (Å²) in [4.78, 5) is 14.6. The van der Waals surface area contributed by atoms with Crippen LogP contribution in [0.15, 0.2) is 83.3 Å². The standard InChI is InChI=1S/C24H22BrNO2/c1-17-12-13-20(21(25)14-17)24(23(27)28)15-26(16-24)22(18-8-4-2-5-9-18)19-10-6-3-7-11-19/h2-14,22H,15-16H2,1H3,(H,27,28). The van der Waals surface area contributed by atoms with E-state index in [4.69, 9.17) is 0 Å². The minimum atomic E-state index is -0.894. The maximum Gasteiger partial charge on any atom is 0.316 e. The van der Waals surface area contributed by atoms with E-state index in [2.05, 4.69) is 45.1 Å². The van der Waals surface area contributed by atoms with Crippen LogP contribution in [0.25, 0.3) is 0 Å². The van der Waals surface area contributed by atoms with Gasteiger partial charge in [-0.1, -0.05) is 88.7 Å². The molecule has 3 aromatic carbocycles. The molecule has 0 amide bonds. The first-order valence-electron chi connectivity index (χ1n) is 9.35. The Hall–Kier alpha value is -2.43. The number of aryl methyl sites for hydroxylation is 1. The molecule has 0 atom stereocenters. The van der Waals surface area contributed by atoms with Crippen LogP contribution < -0.4 is 0 Å². The van der Waals surface area contributed by atoms with Crippen LogP contribution in [-0.4, -0.2) is 29.1 Å². The van der Waals surface area contributed by atoms with Crippen molar-refractivity contribution >= 4 is 21.9 Å². The van der Waals surface area contributed by atoms with Crippen molar-refractivity contribution in [2.75, 3.05) is 13.1 Å². The number of carboxylic acid groups (broad SMARTS) is 1. The summed E-state index contributed by atoms with van der Waals surface area (Å²) >= 11 is 3.59. The molecule has 0 unspecified atom stereocenters. The fourth-order valence-electron chi connectivity index (χ4n) is 4.14. The van der Waals surface area contributed by atoms with Crippen LogP contribution in [-0.2, 0) is 10.2 Å². The minimum absolute atomic E-state index is 0.0408. The summed E-state index contributed by atoms with van der Waals surface area (Å²) in [7, 11) is 0. The molecular formula is C24H22BrNO2. The Morgan fingerprint density at radius 2 is 1.50 bits per heavy atom. The van der Waals surface area contributed by atoms with Gasteiger partial charge in [0.1, 0.15) is 5.41 Å². The zero-order chi connectivity index (χ0) is 19.7. The van der Waals surface area contributed by atoms with Crippen molar-refractivity contribution in [2.24, 2.45) is 0 Å². The zero-order valence-corrected chi connectivity index (χ0v) is 17.3. The number of nitrogens with zero attached hydrogens (tertiary/aromatic N) is 1. The van der Waals surface area contributed by atoms with E-state index in [9.17, 15) is 9.90 Å². The van der Waals surface area contributed by atoms with Crippen LogP contribution in [0, 0.1) is 6.92 Å². The molecule has 1 saturated heterocycles. The van der Waals surface area contributed by atoms with Gasteiger partial charge in [0.05, 0.1) is 6.04 Å². The van der Waals surface area contributed by atoms with E-state index in [1.54, 1.807) is 0 Å². The SMILES string of the molecule is Cc1ccc(C2(C(=O)O)CN(C(c3ccccc3)c3ccccc3)C2)c(Br)c1. The molecule has 0 spiro atoms. The molecule has 4 rings (SSSR count). The van der Waals surface area contributed by atoms with Gasteiger partial charge in [-0.2, -0.15) is 0 Å². The highest BCUT2D eigenvalue weighted by Crippen LogP contribution is 2.44. The minimum Gasteiger partial charge on any atom is -0.481 e. The Labute approximate surface area is 173 Å². The third-order valence-electron chi connectivity index (χ3n) is 5.59. The molecule has 3 aromatic rings. The fraction of sp³-hybridized carbons (Fsp3) is 0.208. The van der Waals surface area contributed by atoms with Crippen molar-refractivity contribution in [3.8, 4) is 0 Å². The molecule has 3 nitrogen and oxygen atoms in total. The van der Waals surface area contributed by atoms with Crippen LogP contribution in [0.4, 0.5) is 0 Å². The maximum atomic E-state index is 12.3. The normalized spacial score (nSPS) is 16.0. The lowest BCUT2D eigenvalue weighted by Crippen LogP contribution is -2.64. The lowest BCUT2D eigenvalue weighted by atomic mass is 9.72. The third-order valence-corrected chi connectivity index (χ3v) is 6.25. The van der Waals surface area contributed by atoms with Crippen LogP contribution in [0.3, 0.4) is 0 Å². The Morgan fingerprint density at radius 1 is 0.964 bits per heavy atom. The Bertz CT molecular complexity index is 943. The monoisotopic (exact) mass is 435 g/mol. The first-order valence-corrected chi connectivity index (χ1v) is 10.1. The van der Waals surface area contributed by atoms with E-state index in [0.717, 1.165) is 15.6 Å². The van der Waals surface area contributed by atoms with Gasteiger partial charge < -0.3 is 5.11 Å². The number of aliphatic carboxylic acids is 1. The molecule has 142 valence electrons. The molecule has 0 aromatic heterocycles. The zero-order valence-electron chi connectivity index (χ0n) is 15.7. The number of hydrogen-bond donors (Lipinski definition) is 1. The Morgan fingerprint density at radius 3 is 1.96 bits per heavy atom. The van der Waals surface area contributed by atoms with Gasteiger partial charge in [0.15, 0.2) is 0 Å². The van der Waals surface area contributed by atoms with Gasteiger partial charge in [-0.3, -0.25) is 9.69 Å². The molecule has 0 saturated carbocycles. The highest BCUT2D eigenvalue weighted by Gasteiger charge is 2.53. The highest BCUT2D eigenvalue weighted by molar-refractivity contribution is 9.10.